The Kier molecular flexibility index (Phi) is 2.06. The first-order chi connectivity index (χ1) is 5.24. The molecule has 4 heteroatoms. The number of rotatable bonds is 2. The second-order valence-corrected chi connectivity index (χ2v) is 1.84. The molecule has 56 valence electrons. The van der Waals surface area contributed by atoms with Crippen LogP contribution in [0.2, 0.25) is 0 Å². The maximum absolute atomic E-state index is 12.2. The van der Waals surface area contributed by atoms with Crippen LogP contribution in [0.5, 0.6) is 0 Å². The van der Waals surface area contributed by atoms with E-state index < -0.39 is 11.6 Å². The molecule has 0 bridgehead atoms. The predicted octanol–water partition coefficient (Wildman–Crippen LogP) is 0.602. The van der Waals surface area contributed by atoms with E-state index in [2.05, 4.69) is 4.98 Å². The van der Waals surface area contributed by atoms with E-state index in [1.54, 1.807) is 0 Å². The second-order valence-electron chi connectivity index (χ2n) is 1.84. The molecule has 0 amide bonds. The van der Waals surface area contributed by atoms with Crippen molar-refractivity contribution in [3.8, 4) is 0 Å². The first-order valence-electron chi connectivity index (χ1n) is 2.85. The number of carbonyl (C=O) groups excluding carboxylic acids is 2. The number of halogens is 1. The fourth-order valence-corrected chi connectivity index (χ4v) is 0.582. The van der Waals surface area contributed by atoms with Gasteiger partial charge < -0.3 is 0 Å². The van der Waals surface area contributed by atoms with Crippen molar-refractivity contribution in [2.75, 3.05) is 0 Å². The van der Waals surface area contributed by atoms with Gasteiger partial charge in [0.2, 0.25) is 5.78 Å². The lowest BCUT2D eigenvalue weighted by atomic mass is 10.3. The van der Waals surface area contributed by atoms with Crippen LogP contribution in [0.1, 0.15) is 10.5 Å². The van der Waals surface area contributed by atoms with Gasteiger partial charge in [-0.2, -0.15) is 0 Å². The van der Waals surface area contributed by atoms with Gasteiger partial charge in [0, 0.05) is 0 Å². The molecule has 0 atom stereocenters. The first kappa shape index (κ1) is 7.53. The maximum atomic E-state index is 12.2. The van der Waals surface area contributed by atoms with Crippen molar-refractivity contribution < 1.29 is 14.0 Å². The fraction of sp³-hybridized carbons (Fsp3) is 0. The third-order valence-corrected chi connectivity index (χ3v) is 1.09. The smallest absolute Gasteiger partial charge is 0.243 e. The number of ketones is 1. The quantitative estimate of drug-likeness (QED) is 0.355. The van der Waals surface area contributed by atoms with E-state index in [0.29, 0.717) is 0 Å². The molecule has 1 rings (SSSR count). The Morgan fingerprint density at radius 2 is 2.27 bits per heavy atom. The molecule has 0 aromatic carbocycles. The molecular weight excluding hydrogens is 149 g/mol. The van der Waals surface area contributed by atoms with Crippen LogP contribution in [-0.2, 0) is 4.79 Å². The number of aldehydes is 1. The van der Waals surface area contributed by atoms with Gasteiger partial charge in [-0.3, -0.25) is 9.59 Å². The van der Waals surface area contributed by atoms with Gasteiger partial charge in [0.05, 0.1) is 6.20 Å². The molecule has 11 heavy (non-hydrogen) atoms. The summed E-state index contributed by atoms with van der Waals surface area (Å²) in [5, 5.41) is 0. The zero-order valence-electron chi connectivity index (χ0n) is 5.45. The number of carbonyl (C=O) groups is 2. The molecule has 0 aliphatic rings. The molecule has 0 N–H and O–H groups in total. The van der Waals surface area contributed by atoms with E-state index in [4.69, 9.17) is 0 Å². The Bertz CT molecular complexity index is 281. The summed E-state index contributed by atoms with van der Waals surface area (Å²) in [6.45, 7) is 0. The summed E-state index contributed by atoms with van der Waals surface area (Å²) < 4.78 is 12.2. The number of pyridine rings is 1. The van der Waals surface area contributed by atoms with Crippen molar-refractivity contribution >= 4 is 12.1 Å². The number of nitrogens with zero attached hydrogens (tertiary/aromatic N) is 1. The third kappa shape index (κ3) is 1.67. The molecule has 0 fully saturated rings. The van der Waals surface area contributed by atoms with Gasteiger partial charge in [0.25, 0.3) is 0 Å². The average Bonchev–Trinajstić information content (AvgIpc) is 2.05. The van der Waals surface area contributed by atoms with Gasteiger partial charge in [0.15, 0.2) is 6.29 Å². The van der Waals surface area contributed by atoms with Gasteiger partial charge in [-0.15, -0.1) is 0 Å². The number of hydrogen-bond acceptors (Lipinski definition) is 3. The molecule has 0 aliphatic carbocycles. The minimum atomic E-state index is -0.745. The van der Waals surface area contributed by atoms with Crippen molar-refractivity contribution in [1.29, 1.82) is 0 Å². The van der Waals surface area contributed by atoms with Crippen molar-refractivity contribution in [3.05, 3.63) is 29.8 Å². The topological polar surface area (TPSA) is 47.0 Å². The van der Waals surface area contributed by atoms with Gasteiger partial charge in [-0.05, 0) is 12.1 Å². The average molecular weight is 153 g/mol. The van der Waals surface area contributed by atoms with E-state index in [0.717, 1.165) is 18.3 Å². The van der Waals surface area contributed by atoms with Crippen molar-refractivity contribution in [3.63, 3.8) is 0 Å². The Balaban J connectivity index is 2.98. The predicted molar refractivity (Wildman–Crippen MR) is 34.6 cm³/mol. The van der Waals surface area contributed by atoms with Crippen molar-refractivity contribution in [1.82, 2.24) is 4.98 Å². The van der Waals surface area contributed by atoms with Crippen LogP contribution in [-0.4, -0.2) is 17.1 Å². The van der Waals surface area contributed by atoms with E-state index in [9.17, 15) is 14.0 Å². The summed E-state index contributed by atoms with van der Waals surface area (Å²) in [6, 6.07) is 2.23. The Hall–Kier alpha value is -1.58. The number of Topliss-reactive ketones (excluding diaryl/α,β-unsaturated/α-hetero) is 1. The standard InChI is InChI=1S/C7H4FNO2/c8-5-1-2-6(9-3-5)7(11)4-10/h1-4H. The Labute approximate surface area is 61.9 Å². The SMILES string of the molecule is O=CC(=O)c1ccc(F)cn1. The second kappa shape index (κ2) is 3.01. The van der Waals surface area contributed by atoms with Crippen LogP contribution in [0.25, 0.3) is 0 Å². The van der Waals surface area contributed by atoms with Gasteiger partial charge >= 0.3 is 0 Å². The Morgan fingerprint density at radius 3 is 2.73 bits per heavy atom. The molecule has 0 aliphatic heterocycles. The number of aromatic nitrogens is 1. The number of hydrogen-bond donors (Lipinski definition) is 0. The van der Waals surface area contributed by atoms with Gasteiger partial charge in [0.1, 0.15) is 11.5 Å². The highest BCUT2D eigenvalue weighted by atomic mass is 19.1. The van der Waals surface area contributed by atoms with Crippen molar-refractivity contribution in [2.24, 2.45) is 0 Å². The van der Waals surface area contributed by atoms with Crippen LogP contribution in [0.4, 0.5) is 4.39 Å². The van der Waals surface area contributed by atoms with E-state index in [1.165, 1.54) is 0 Å². The molecule has 0 radical (unpaired) electrons. The summed E-state index contributed by atoms with van der Waals surface area (Å²) in [5.41, 5.74) is -0.0404. The molecule has 1 aromatic heterocycles. The summed E-state index contributed by atoms with van der Waals surface area (Å²) in [7, 11) is 0. The highest BCUT2D eigenvalue weighted by Gasteiger charge is 2.03. The first-order valence-corrected chi connectivity index (χ1v) is 2.85. The van der Waals surface area contributed by atoms with E-state index >= 15 is 0 Å². The van der Waals surface area contributed by atoms with Crippen LogP contribution < -0.4 is 0 Å². The van der Waals surface area contributed by atoms with E-state index in [-0.39, 0.29) is 12.0 Å². The van der Waals surface area contributed by atoms with Gasteiger partial charge in [-0.1, -0.05) is 0 Å². The fourth-order valence-electron chi connectivity index (χ4n) is 0.582. The molecule has 1 aromatic rings. The van der Waals surface area contributed by atoms with Crippen LogP contribution >= 0.6 is 0 Å². The molecule has 0 spiro atoms. The molecule has 3 nitrogen and oxygen atoms in total. The summed E-state index contributed by atoms with van der Waals surface area (Å²) >= 11 is 0. The summed E-state index contributed by atoms with van der Waals surface area (Å²) in [4.78, 5) is 23.9. The minimum Gasteiger partial charge on any atom is -0.294 e. The molecule has 0 saturated heterocycles. The summed E-state index contributed by atoms with van der Waals surface area (Å²) in [5.74, 6) is -1.28. The lowest BCUT2D eigenvalue weighted by Gasteiger charge is -1.90. The third-order valence-electron chi connectivity index (χ3n) is 1.09. The highest BCUT2D eigenvalue weighted by Crippen LogP contribution is 1.97. The van der Waals surface area contributed by atoms with Crippen LogP contribution in [0, 0.1) is 5.82 Å². The normalized spacial score (nSPS) is 9.18. The molecule has 1 heterocycles. The monoisotopic (exact) mass is 153 g/mol. The van der Waals surface area contributed by atoms with E-state index in [1.807, 2.05) is 0 Å². The maximum Gasteiger partial charge on any atom is 0.243 e. The Morgan fingerprint density at radius 1 is 1.55 bits per heavy atom. The molecule has 0 unspecified atom stereocenters. The van der Waals surface area contributed by atoms with Crippen molar-refractivity contribution in [2.45, 2.75) is 0 Å². The van der Waals surface area contributed by atoms with Gasteiger partial charge in [-0.25, -0.2) is 9.37 Å². The zero-order chi connectivity index (χ0) is 8.27. The minimum absolute atomic E-state index is 0.0404. The summed E-state index contributed by atoms with van der Waals surface area (Å²) in [6.07, 6.45) is 1.02. The lowest BCUT2D eigenvalue weighted by molar-refractivity contribution is -0.104. The molecule has 0 saturated carbocycles. The zero-order valence-corrected chi connectivity index (χ0v) is 5.45. The highest BCUT2D eigenvalue weighted by molar-refractivity contribution is 6.32. The van der Waals surface area contributed by atoms with Crippen LogP contribution in [0.3, 0.4) is 0 Å². The van der Waals surface area contributed by atoms with Crippen LogP contribution in [0.15, 0.2) is 18.3 Å². The largest absolute Gasteiger partial charge is 0.294 e. The molecular formula is C7H4FNO2. The lowest BCUT2D eigenvalue weighted by Crippen LogP contribution is -2.02.